The van der Waals surface area contributed by atoms with Gasteiger partial charge in [0.05, 0.1) is 0 Å². The van der Waals surface area contributed by atoms with Crippen LogP contribution in [0, 0.1) is 0 Å². The molecule has 23 heavy (non-hydrogen) atoms. The summed E-state index contributed by atoms with van der Waals surface area (Å²) in [5.41, 5.74) is 8.40. The summed E-state index contributed by atoms with van der Waals surface area (Å²) in [6, 6.07) is 6.58. The van der Waals surface area contributed by atoms with E-state index in [1.807, 2.05) is 12.4 Å². The van der Waals surface area contributed by atoms with E-state index in [0.29, 0.717) is 17.9 Å². The molecule has 120 valence electrons. The summed E-state index contributed by atoms with van der Waals surface area (Å²) in [6.45, 7) is 0.870. The van der Waals surface area contributed by atoms with E-state index in [2.05, 4.69) is 28.5 Å². The molecule has 0 unspecified atom stereocenters. The monoisotopic (exact) mass is 309 g/mol. The van der Waals surface area contributed by atoms with E-state index in [9.17, 15) is 0 Å². The molecule has 0 aromatic carbocycles. The number of pyridine rings is 1. The van der Waals surface area contributed by atoms with Crippen LogP contribution in [0.4, 0.5) is 5.82 Å². The second-order valence-corrected chi connectivity index (χ2v) is 6.77. The Morgan fingerprint density at radius 2 is 1.87 bits per heavy atom. The van der Waals surface area contributed by atoms with Gasteiger partial charge in [-0.2, -0.15) is 0 Å². The lowest BCUT2D eigenvalue weighted by atomic mass is 9.78. The van der Waals surface area contributed by atoms with E-state index >= 15 is 0 Å². The lowest BCUT2D eigenvalue weighted by molar-refractivity contribution is 0.344. The molecule has 2 heterocycles. The fourth-order valence-corrected chi connectivity index (χ4v) is 3.10. The number of hydrogen-bond acceptors (Lipinski definition) is 5. The molecular weight excluding hydrogens is 286 g/mol. The van der Waals surface area contributed by atoms with Crippen LogP contribution in [0.25, 0.3) is 0 Å². The molecule has 0 radical (unpaired) electrons. The maximum absolute atomic E-state index is 5.93. The zero-order chi connectivity index (χ0) is 15.6. The Morgan fingerprint density at radius 3 is 2.57 bits per heavy atom. The van der Waals surface area contributed by atoms with Gasteiger partial charge in [0.25, 0.3) is 0 Å². The van der Waals surface area contributed by atoms with Crippen molar-refractivity contribution < 1.29 is 0 Å². The minimum absolute atomic E-state index is 0.349. The normalized spacial score (nSPS) is 23.3. The fraction of sp³-hybridized carbons (Fsp3) is 0.500. The number of hydrogen-bond donors (Lipinski definition) is 2. The van der Waals surface area contributed by atoms with E-state index in [-0.39, 0.29) is 0 Å². The highest BCUT2D eigenvalue weighted by Gasteiger charge is 2.32. The van der Waals surface area contributed by atoms with Crippen molar-refractivity contribution in [3.63, 3.8) is 0 Å². The van der Waals surface area contributed by atoms with Crippen LogP contribution >= 0.6 is 0 Å². The molecule has 0 spiro atoms. The molecule has 2 aliphatic rings. The van der Waals surface area contributed by atoms with Gasteiger partial charge in [-0.1, -0.05) is 0 Å². The van der Waals surface area contributed by atoms with E-state index in [1.54, 1.807) is 0 Å². The van der Waals surface area contributed by atoms with Crippen molar-refractivity contribution in [2.24, 2.45) is 5.73 Å². The number of anilines is 1. The lowest BCUT2D eigenvalue weighted by Crippen LogP contribution is -2.35. The first-order valence-electron chi connectivity index (χ1n) is 8.55. The van der Waals surface area contributed by atoms with E-state index in [4.69, 9.17) is 15.7 Å². The highest BCUT2D eigenvalue weighted by molar-refractivity contribution is 5.39. The number of nitrogens with zero attached hydrogens (tertiary/aromatic N) is 3. The molecule has 3 N–H and O–H groups in total. The van der Waals surface area contributed by atoms with Crippen LogP contribution in [0.15, 0.2) is 30.6 Å². The molecular formula is C18H23N5. The summed E-state index contributed by atoms with van der Waals surface area (Å²) < 4.78 is 0. The third-order valence-corrected chi connectivity index (χ3v) is 4.77. The van der Waals surface area contributed by atoms with E-state index in [0.717, 1.165) is 37.4 Å². The van der Waals surface area contributed by atoms with Crippen molar-refractivity contribution in [2.75, 3.05) is 11.9 Å². The standard InChI is InChI=1S/C18H23N5/c19-15-9-14(10-15)16-11-17(23-18(22-16)13-1-2-13)21-8-5-12-3-6-20-7-4-12/h3-4,6-7,11,13-15H,1-2,5,8-10,19H2,(H,21,22,23). The van der Waals surface area contributed by atoms with Gasteiger partial charge in [0.2, 0.25) is 0 Å². The Bertz CT molecular complexity index is 662. The predicted octanol–water partition coefficient (Wildman–Crippen LogP) is 2.61. The van der Waals surface area contributed by atoms with E-state index < -0.39 is 0 Å². The second kappa shape index (κ2) is 6.24. The molecule has 2 fully saturated rings. The molecule has 5 nitrogen and oxygen atoms in total. The van der Waals surface area contributed by atoms with Crippen molar-refractivity contribution in [1.82, 2.24) is 15.0 Å². The first-order valence-corrected chi connectivity index (χ1v) is 8.55. The Morgan fingerprint density at radius 1 is 1.09 bits per heavy atom. The molecule has 5 heteroatoms. The van der Waals surface area contributed by atoms with Gasteiger partial charge in [-0.05, 0) is 49.8 Å². The van der Waals surface area contributed by atoms with Gasteiger partial charge in [-0.3, -0.25) is 4.98 Å². The second-order valence-electron chi connectivity index (χ2n) is 6.77. The Balaban J connectivity index is 1.44. The van der Waals surface area contributed by atoms with Crippen LogP contribution in [-0.4, -0.2) is 27.5 Å². The van der Waals surface area contributed by atoms with Crippen molar-refractivity contribution in [2.45, 2.75) is 50.0 Å². The molecule has 4 rings (SSSR count). The zero-order valence-corrected chi connectivity index (χ0v) is 13.3. The first kappa shape index (κ1) is 14.6. The average molecular weight is 309 g/mol. The Kier molecular flexibility index (Phi) is 3.95. The van der Waals surface area contributed by atoms with Gasteiger partial charge in [0.1, 0.15) is 11.6 Å². The topological polar surface area (TPSA) is 76.7 Å². The summed E-state index contributed by atoms with van der Waals surface area (Å²) in [5, 5.41) is 3.47. The number of aromatic nitrogens is 3. The molecule has 0 saturated heterocycles. The summed E-state index contributed by atoms with van der Waals surface area (Å²) in [7, 11) is 0. The average Bonchev–Trinajstić information content (AvgIpc) is 3.38. The van der Waals surface area contributed by atoms with Crippen molar-refractivity contribution in [3.05, 3.63) is 47.7 Å². The largest absolute Gasteiger partial charge is 0.370 e. The lowest BCUT2D eigenvalue weighted by Gasteiger charge is -2.32. The Labute approximate surface area is 136 Å². The number of nitrogens with one attached hydrogen (secondary N) is 1. The first-order chi connectivity index (χ1) is 11.3. The molecule has 2 aliphatic carbocycles. The third-order valence-electron chi connectivity index (χ3n) is 4.77. The third kappa shape index (κ3) is 3.50. The SMILES string of the molecule is NC1CC(c2cc(NCCc3ccncc3)nc(C3CC3)n2)C1. The molecule has 2 aromatic heterocycles. The highest BCUT2D eigenvalue weighted by atomic mass is 15.0. The smallest absolute Gasteiger partial charge is 0.134 e. The number of nitrogens with two attached hydrogens (primary N) is 1. The van der Waals surface area contributed by atoms with Crippen LogP contribution in [-0.2, 0) is 6.42 Å². The predicted molar refractivity (Wildman–Crippen MR) is 90.4 cm³/mol. The summed E-state index contributed by atoms with van der Waals surface area (Å²) in [5.74, 6) is 3.08. The van der Waals surface area contributed by atoms with Crippen LogP contribution in [0.2, 0.25) is 0 Å². The maximum Gasteiger partial charge on any atom is 0.134 e. The maximum atomic E-state index is 5.93. The van der Waals surface area contributed by atoms with Gasteiger partial charge in [-0.25, -0.2) is 9.97 Å². The zero-order valence-electron chi connectivity index (χ0n) is 13.3. The van der Waals surface area contributed by atoms with Gasteiger partial charge in [0.15, 0.2) is 0 Å². The summed E-state index contributed by atoms with van der Waals surface area (Å²) in [4.78, 5) is 13.6. The minimum atomic E-state index is 0.349. The van der Waals surface area contributed by atoms with E-state index in [1.165, 1.54) is 24.1 Å². The van der Waals surface area contributed by atoms with Crippen molar-refractivity contribution in [1.29, 1.82) is 0 Å². The van der Waals surface area contributed by atoms with Crippen LogP contribution in [0.3, 0.4) is 0 Å². The number of rotatable bonds is 6. The molecule has 0 bridgehead atoms. The molecule has 0 atom stereocenters. The molecule has 2 saturated carbocycles. The van der Waals surface area contributed by atoms with Crippen molar-refractivity contribution in [3.8, 4) is 0 Å². The Hall–Kier alpha value is -2.01. The summed E-state index contributed by atoms with van der Waals surface area (Å²) in [6.07, 6.45) is 9.20. The van der Waals surface area contributed by atoms with Crippen LogP contribution in [0.5, 0.6) is 0 Å². The minimum Gasteiger partial charge on any atom is -0.370 e. The van der Waals surface area contributed by atoms with Crippen LogP contribution in [0.1, 0.15) is 54.6 Å². The van der Waals surface area contributed by atoms with Crippen molar-refractivity contribution >= 4 is 5.82 Å². The van der Waals surface area contributed by atoms with Gasteiger partial charge in [0, 0.05) is 48.6 Å². The molecule has 2 aromatic rings. The van der Waals surface area contributed by atoms with Gasteiger partial charge < -0.3 is 11.1 Å². The molecule has 0 aliphatic heterocycles. The molecule has 0 amide bonds. The quantitative estimate of drug-likeness (QED) is 0.857. The van der Waals surface area contributed by atoms with Crippen LogP contribution < -0.4 is 11.1 Å². The summed E-state index contributed by atoms with van der Waals surface area (Å²) >= 11 is 0. The highest BCUT2D eigenvalue weighted by Crippen LogP contribution is 2.41. The van der Waals surface area contributed by atoms with Gasteiger partial charge >= 0.3 is 0 Å². The van der Waals surface area contributed by atoms with Gasteiger partial charge in [-0.15, -0.1) is 0 Å². The fourth-order valence-electron chi connectivity index (χ4n) is 3.10.